The van der Waals surface area contributed by atoms with E-state index in [2.05, 4.69) is 10.5 Å². The van der Waals surface area contributed by atoms with E-state index in [4.69, 9.17) is 4.42 Å². The van der Waals surface area contributed by atoms with E-state index in [1.54, 1.807) is 42.7 Å². The monoisotopic (exact) mass is 284 g/mol. The van der Waals surface area contributed by atoms with E-state index in [9.17, 15) is 9.90 Å². The molecule has 0 aliphatic rings. The number of amides is 1. The molecule has 2 aromatic rings. The van der Waals surface area contributed by atoms with Gasteiger partial charge in [0, 0.05) is 0 Å². The van der Waals surface area contributed by atoms with Gasteiger partial charge in [-0.2, -0.15) is 5.10 Å². The second kappa shape index (κ2) is 7.21. The summed E-state index contributed by atoms with van der Waals surface area (Å²) in [6.45, 7) is 1.83. The largest absolute Gasteiger partial charge is 0.465 e. The van der Waals surface area contributed by atoms with Crippen LogP contribution in [0.3, 0.4) is 0 Å². The normalized spacial score (nSPS) is 13.3. The van der Waals surface area contributed by atoms with Gasteiger partial charge in [0.15, 0.2) is 6.10 Å². The SMILES string of the molecule is CC(/C=N/NC(=O)C(O)c1ccccc1)=C\c1ccco1. The standard InChI is InChI=1S/C16H16N2O3/c1-12(10-14-8-5-9-21-14)11-17-18-16(20)15(19)13-6-3-2-4-7-13/h2-11,15,19H,1H3,(H,18,20)/b12-10+,17-11+. The van der Waals surface area contributed by atoms with Crippen molar-refractivity contribution in [3.05, 3.63) is 65.6 Å². The number of carbonyl (C=O) groups is 1. The van der Waals surface area contributed by atoms with Gasteiger partial charge in [-0.1, -0.05) is 30.3 Å². The summed E-state index contributed by atoms with van der Waals surface area (Å²) in [4.78, 5) is 11.7. The Bertz CT molecular complexity index is 631. The van der Waals surface area contributed by atoms with E-state index in [1.165, 1.54) is 6.21 Å². The third-order valence-corrected chi connectivity index (χ3v) is 2.72. The molecule has 0 radical (unpaired) electrons. The summed E-state index contributed by atoms with van der Waals surface area (Å²) in [5.41, 5.74) is 3.63. The van der Waals surface area contributed by atoms with Crippen molar-refractivity contribution in [1.29, 1.82) is 0 Å². The molecule has 0 aliphatic heterocycles. The summed E-state index contributed by atoms with van der Waals surface area (Å²) in [6, 6.07) is 12.3. The van der Waals surface area contributed by atoms with E-state index < -0.39 is 12.0 Å². The first-order valence-electron chi connectivity index (χ1n) is 6.44. The minimum atomic E-state index is -1.24. The summed E-state index contributed by atoms with van der Waals surface area (Å²) in [5, 5.41) is 13.6. The van der Waals surface area contributed by atoms with Gasteiger partial charge in [0.2, 0.25) is 0 Å². The fourth-order valence-corrected chi connectivity index (χ4v) is 1.68. The van der Waals surface area contributed by atoms with Crippen molar-refractivity contribution in [2.45, 2.75) is 13.0 Å². The van der Waals surface area contributed by atoms with Crippen molar-refractivity contribution in [2.75, 3.05) is 0 Å². The number of nitrogens with zero attached hydrogens (tertiary/aromatic N) is 1. The van der Waals surface area contributed by atoms with Gasteiger partial charge < -0.3 is 9.52 Å². The minimum Gasteiger partial charge on any atom is -0.465 e. The first-order chi connectivity index (χ1) is 10.2. The van der Waals surface area contributed by atoms with Crippen LogP contribution < -0.4 is 5.43 Å². The first kappa shape index (κ1) is 14.7. The Morgan fingerprint density at radius 3 is 2.71 bits per heavy atom. The number of benzene rings is 1. The molecule has 2 rings (SSSR count). The van der Waals surface area contributed by atoms with Gasteiger partial charge >= 0.3 is 0 Å². The smallest absolute Gasteiger partial charge is 0.273 e. The van der Waals surface area contributed by atoms with Gasteiger partial charge in [-0.3, -0.25) is 4.79 Å². The highest BCUT2D eigenvalue weighted by molar-refractivity contribution is 5.87. The minimum absolute atomic E-state index is 0.521. The molecule has 1 amide bonds. The molecule has 1 heterocycles. The molecule has 2 N–H and O–H groups in total. The lowest BCUT2D eigenvalue weighted by atomic mass is 10.1. The molecular formula is C16H16N2O3. The molecule has 1 aromatic carbocycles. The maximum atomic E-state index is 11.7. The lowest BCUT2D eigenvalue weighted by Crippen LogP contribution is -2.25. The number of furan rings is 1. The van der Waals surface area contributed by atoms with Crippen LogP contribution in [0, 0.1) is 0 Å². The molecule has 5 nitrogen and oxygen atoms in total. The maximum Gasteiger partial charge on any atom is 0.273 e. The van der Waals surface area contributed by atoms with Crippen molar-refractivity contribution < 1.29 is 14.3 Å². The van der Waals surface area contributed by atoms with Crippen molar-refractivity contribution in [2.24, 2.45) is 5.10 Å². The predicted molar refractivity (Wildman–Crippen MR) is 80.4 cm³/mol. The summed E-state index contributed by atoms with van der Waals surface area (Å²) in [6.07, 6.45) is 3.60. The molecule has 21 heavy (non-hydrogen) atoms. The fourth-order valence-electron chi connectivity index (χ4n) is 1.68. The number of hydrogen-bond acceptors (Lipinski definition) is 4. The van der Waals surface area contributed by atoms with Crippen molar-refractivity contribution in [3.63, 3.8) is 0 Å². The predicted octanol–water partition coefficient (Wildman–Crippen LogP) is 2.52. The summed E-state index contributed by atoms with van der Waals surface area (Å²) < 4.78 is 5.16. The quantitative estimate of drug-likeness (QED) is 0.654. The molecule has 0 aliphatic carbocycles. The Balaban J connectivity index is 1.90. The fraction of sp³-hybridized carbons (Fsp3) is 0.125. The van der Waals surface area contributed by atoms with E-state index >= 15 is 0 Å². The number of rotatable bonds is 5. The molecule has 1 aromatic heterocycles. The van der Waals surface area contributed by atoms with Gasteiger partial charge in [0.05, 0.1) is 12.5 Å². The summed E-state index contributed by atoms with van der Waals surface area (Å²) in [5.74, 6) is 0.123. The lowest BCUT2D eigenvalue weighted by Gasteiger charge is -2.08. The van der Waals surface area contributed by atoms with Crippen LogP contribution in [-0.4, -0.2) is 17.2 Å². The molecule has 1 atom stereocenters. The third kappa shape index (κ3) is 4.43. The van der Waals surface area contributed by atoms with E-state index in [0.717, 1.165) is 5.57 Å². The highest BCUT2D eigenvalue weighted by Crippen LogP contribution is 2.11. The molecule has 0 saturated heterocycles. The van der Waals surface area contributed by atoms with Gasteiger partial charge in [0.25, 0.3) is 5.91 Å². The van der Waals surface area contributed by atoms with E-state index in [-0.39, 0.29) is 0 Å². The molecular weight excluding hydrogens is 268 g/mol. The van der Waals surface area contributed by atoms with Crippen LogP contribution in [0.4, 0.5) is 0 Å². The zero-order valence-electron chi connectivity index (χ0n) is 11.6. The van der Waals surface area contributed by atoms with Crippen LogP contribution >= 0.6 is 0 Å². The van der Waals surface area contributed by atoms with E-state index in [0.29, 0.717) is 11.3 Å². The summed E-state index contributed by atoms with van der Waals surface area (Å²) >= 11 is 0. The van der Waals surface area contributed by atoms with Gasteiger partial charge in [-0.15, -0.1) is 0 Å². The van der Waals surface area contributed by atoms with Crippen molar-refractivity contribution >= 4 is 18.2 Å². The molecule has 0 saturated carbocycles. The second-order valence-electron chi connectivity index (χ2n) is 4.45. The number of aliphatic hydroxyl groups is 1. The highest BCUT2D eigenvalue weighted by Gasteiger charge is 2.15. The first-order valence-corrected chi connectivity index (χ1v) is 6.44. The number of hydrazone groups is 1. The van der Waals surface area contributed by atoms with Gasteiger partial charge in [-0.25, -0.2) is 5.43 Å². The van der Waals surface area contributed by atoms with Gasteiger partial charge in [-0.05, 0) is 36.3 Å². The van der Waals surface area contributed by atoms with Crippen LogP contribution in [0.25, 0.3) is 6.08 Å². The van der Waals surface area contributed by atoms with Crippen molar-refractivity contribution in [3.8, 4) is 0 Å². The van der Waals surface area contributed by atoms with Crippen LogP contribution in [0.15, 0.2) is 63.8 Å². The van der Waals surface area contributed by atoms with Gasteiger partial charge in [0.1, 0.15) is 5.76 Å². The number of carbonyl (C=O) groups excluding carboxylic acids is 1. The highest BCUT2D eigenvalue weighted by atomic mass is 16.3. The zero-order valence-corrected chi connectivity index (χ0v) is 11.6. The lowest BCUT2D eigenvalue weighted by molar-refractivity contribution is -0.129. The molecule has 5 heteroatoms. The Morgan fingerprint density at radius 1 is 1.29 bits per heavy atom. The Labute approximate surface area is 122 Å². The number of nitrogens with one attached hydrogen (secondary N) is 1. The third-order valence-electron chi connectivity index (χ3n) is 2.72. The summed E-state index contributed by atoms with van der Waals surface area (Å²) in [7, 11) is 0. The molecule has 0 bridgehead atoms. The van der Waals surface area contributed by atoms with E-state index in [1.807, 2.05) is 19.1 Å². The maximum absolute atomic E-state index is 11.7. The Kier molecular flexibility index (Phi) is 5.06. The Hall–Kier alpha value is -2.66. The van der Waals surface area contributed by atoms with Crippen molar-refractivity contribution in [1.82, 2.24) is 5.43 Å². The molecule has 108 valence electrons. The molecule has 0 spiro atoms. The number of hydrogen-bond donors (Lipinski definition) is 2. The van der Waals surface area contributed by atoms with Crippen LogP contribution in [-0.2, 0) is 4.79 Å². The number of allylic oxidation sites excluding steroid dienone is 1. The topological polar surface area (TPSA) is 74.8 Å². The van der Waals surface area contributed by atoms with Crippen LogP contribution in [0.2, 0.25) is 0 Å². The zero-order chi connectivity index (χ0) is 15.1. The molecule has 1 unspecified atom stereocenters. The number of aliphatic hydroxyl groups excluding tert-OH is 1. The Morgan fingerprint density at radius 2 is 2.05 bits per heavy atom. The van der Waals surface area contributed by atoms with Crippen LogP contribution in [0.1, 0.15) is 24.4 Å². The second-order valence-corrected chi connectivity index (χ2v) is 4.45. The average Bonchev–Trinajstić information content (AvgIpc) is 3.00. The average molecular weight is 284 g/mol. The molecule has 0 fully saturated rings. The van der Waals surface area contributed by atoms with Crippen LogP contribution in [0.5, 0.6) is 0 Å².